The number of hydrogen-bond acceptors (Lipinski definition) is 9. The lowest BCUT2D eigenvalue weighted by atomic mass is 10.1. The van der Waals surface area contributed by atoms with E-state index >= 15 is 0 Å². The van der Waals surface area contributed by atoms with E-state index in [2.05, 4.69) is 9.73 Å². The van der Waals surface area contributed by atoms with Gasteiger partial charge in [-0.05, 0) is 61.9 Å². The zero-order valence-corrected chi connectivity index (χ0v) is 19.9. The number of hydrogen-bond donors (Lipinski definition) is 1. The number of aliphatic imine (C=N–C) groups is 1. The number of aliphatic hydroxyl groups excluding tert-OH is 1. The molecule has 2 aromatic rings. The Morgan fingerprint density at radius 3 is 2.24 bits per heavy atom. The highest BCUT2D eigenvalue weighted by Gasteiger charge is 2.33. The Morgan fingerprint density at radius 2 is 1.62 bits per heavy atom. The second kappa shape index (κ2) is 11.9. The molecular weight excluding hydrogens is 458 g/mol. The Morgan fingerprint density at radius 1 is 0.971 bits per heavy atom. The van der Waals surface area contributed by atoms with Gasteiger partial charge in [-0.2, -0.15) is 0 Å². The average Bonchev–Trinajstić information content (AvgIpc) is 3.14. The fraction of sp³-hybridized carbons (Fsp3) is 0.240. The van der Waals surface area contributed by atoms with Crippen LogP contribution in [-0.4, -0.2) is 49.0 Å². The first-order valence-corrected chi connectivity index (χ1v) is 11.4. The molecule has 9 heteroatoms. The van der Waals surface area contributed by atoms with Crippen molar-refractivity contribution in [3.8, 4) is 11.5 Å². The van der Waals surface area contributed by atoms with Crippen LogP contribution in [0.3, 0.4) is 0 Å². The third kappa shape index (κ3) is 6.41. The van der Waals surface area contributed by atoms with Crippen molar-refractivity contribution in [2.24, 2.45) is 4.99 Å². The topological polar surface area (TPSA) is 104 Å². The monoisotopic (exact) mass is 483 g/mol. The molecular formula is C25H25NO7S. The molecule has 0 saturated carbocycles. The summed E-state index contributed by atoms with van der Waals surface area (Å²) in [5, 5.41) is 11.1. The van der Waals surface area contributed by atoms with Gasteiger partial charge >= 0.3 is 11.9 Å². The lowest BCUT2D eigenvalue weighted by Gasteiger charge is -2.05. The summed E-state index contributed by atoms with van der Waals surface area (Å²) in [6.45, 7) is 4.13. The second-order valence-electron chi connectivity index (χ2n) is 6.83. The van der Waals surface area contributed by atoms with Crippen molar-refractivity contribution >= 4 is 40.5 Å². The van der Waals surface area contributed by atoms with Gasteiger partial charge in [0.1, 0.15) is 27.9 Å². The zero-order chi connectivity index (χ0) is 24.5. The summed E-state index contributed by atoms with van der Waals surface area (Å²) < 4.78 is 20.5. The number of carbonyl (C=O) groups is 2. The van der Waals surface area contributed by atoms with Crippen molar-refractivity contribution in [1.29, 1.82) is 0 Å². The first-order valence-electron chi connectivity index (χ1n) is 10.6. The van der Waals surface area contributed by atoms with Crippen LogP contribution in [-0.2, 0) is 19.1 Å². The van der Waals surface area contributed by atoms with Crippen LogP contribution in [0.15, 0.2) is 69.8 Å². The van der Waals surface area contributed by atoms with E-state index in [1.165, 1.54) is 18.9 Å². The van der Waals surface area contributed by atoms with Crippen LogP contribution in [0.25, 0.3) is 6.08 Å². The first-order chi connectivity index (χ1) is 16.4. The van der Waals surface area contributed by atoms with E-state index in [0.29, 0.717) is 33.7 Å². The number of esters is 2. The predicted octanol–water partition coefficient (Wildman–Crippen LogP) is 4.83. The van der Waals surface area contributed by atoms with Crippen molar-refractivity contribution < 1.29 is 33.6 Å². The van der Waals surface area contributed by atoms with Gasteiger partial charge in [0.2, 0.25) is 0 Å². The van der Waals surface area contributed by atoms with Crippen molar-refractivity contribution in [2.75, 3.05) is 26.9 Å². The first kappa shape index (κ1) is 24.9. The lowest BCUT2D eigenvalue weighted by Crippen LogP contribution is -2.12. The van der Waals surface area contributed by atoms with Gasteiger partial charge in [0, 0.05) is 0 Å². The van der Waals surface area contributed by atoms with Gasteiger partial charge in [-0.15, -0.1) is 0 Å². The molecule has 0 amide bonds. The summed E-state index contributed by atoms with van der Waals surface area (Å²) in [6.07, 6.45) is 1.73. The van der Waals surface area contributed by atoms with E-state index in [1.54, 1.807) is 61.5 Å². The maximum atomic E-state index is 12.6. The Kier molecular flexibility index (Phi) is 8.75. The molecule has 178 valence electrons. The van der Waals surface area contributed by atoms with E-state index in [4.69, 9.17) is 14.2 Å². The predicted molar refractivity (Wildman–Crippen MR) is 131 cm³/mol. The molecule has 0 atom stereocenters. The Labute approximate surface area is 201 Å². The summed E-state index contributed by atoms with van der Waals surface area (Å²) in [7, 11) is 1.29. The molecule has 1 heterocycles. The highest BCUT2D eigenvalue weighted by atomic mass is 32.2. The Hall–Kier alpha value is -3.72. The Bertz CT molecular complexity index is 1120. The third-order valence-corrected chi connectivity index (χ3v) is 5.53. The molecule has 0 fully saturated rings. The molecule has 0 aromatic heterocycles. The summed E-state index contributed by atoms with van der Waals surface area (Å²) in [5.74, 6) is -0.105. The standard InChI is InChI=1S/C25H25NO7S/c1-4-31-18-12-8-17(9-13-18)26-24-22(25(29)32-5-2)23(28)20(34-24)14-16-6-10-19(11-7-16)33-15-21(27)30-3/h6-14,28H,4-5,15H2,1-3H3/b20-14-,26-24?. The third-order valence-electron chi connectivity index (χ3n) is 4.51. The zero-order valence-electron chi connectivity index (χ0n) is 19.1. The normalized spacial score (nSPS) is 15.5. The van der Waals surface area contributed by atoms with Gasteiger partial charge in [-0.1, -0.05) is 23.9 Å². The molecule has 1 aliphatic rings. The highest BCUT2D eigenvalue weighted by molar-refractivity contribution is 8.18. The minimum absolute atomic E-state index is 0.0185. The Balaban J connectivity index is 1.86. The number of ether oxygens (including phenoxy) is 4. The summed E-state index contributed by atoms with van der Waals surface area (Å²) in [5.41, 5.74) is 1.38. The van der Waals surface area contributed by atoms with Crippen molar-refractivity contribution in [3.05, 3.63) is 70.3 Å². The molecule has 8 nitrogen and oxygen atoms in total. The van der Waals surface area contributed by atoms with Gasteiger partial charge in [0.05, 0.1) is 30.9 Å². The van der Waals surface area contributed by atoms with Crippen LogP contribution in [0.4, 0.5) is 5.69 Å². The van der Waals surface area contributed by atoms with Gasteiger partial charge in [0.25, 0.3) is 0 Å². The van der Waals surface area contributed by atoms with Gasteiger partial charge in [-0.25, -0.2) is 14.6 Å². The smallest absolute Gasteiger partial charge is 0.344 e. The lowest BCUT2D eigenvalue weighted by molar-refractivity contribution is -0.143. The number of carbonyl (C=O) groups excluding carboxylic acids is 2. The summed E-state index contributed by atoms with van der Waals surface area (Å²) >= 11 is 1.17. The maximum Gasteiger partial charge on any atom is 0.344 e. The molecule has 34 heavy (non-hydrogen) atoms. The number of benzene rings is 2. The summed E-state index contributed by atoms with van der Waals surface area (Å²) in [6, 6.07) is 14.0. The SMILES string of the molecule is CCOC(=O)C1=C(O)/C(=C/c2ccc(OCC(=O)OC)cc2)SC1=Nc1ccc(OCC)cc1. The number of methoxy groups -OCH3 is 1. The van der Waals surface area contributed by atoms with Gasteiger partial charge in [0.15, 0.2) is 6.61 Å². The van der Waals surface area contributed by atoms with Crippen LogP contribution in [0.2, 0.25) is 0 Å². The number of thioether (sulfide) groups is 1. The van der Waals surface area contributed by atoms with E-state index in [9.17, 15) is 14.7 Å². The number of rotatable bonds is 9. The molecule has 3 rings (SSSR count). The largest absolute Gasteiger partial charge is 0.506 e. The van der Waals surface area contributed by atoms with Crippen molar-refractivity contribution in [2.45, 2.75) is 13.8 Å². The van der Waals surface area contributed by atoms with Crippen LogP contribution in [0, 0.1) is 0 Å². The van der Waals surface area contributed by atoms with E-state index in [0.717, 1.165) is 5.56 Å². The molecule has 2 aromatic carbocycles. The van der Waals surface area contributed by atoms with Crippen LogP contribution >= 0.6 is 11.8 Å². The van der Waals surface area contributed by atoms with E-state index < -0.39 is 11.9 Å². The van der Waals surface area contributed by atoms with Crippen LogP contribution < -0.4 is 9.47 Å². The highest BCUT2D eigenvalue weighted by Crippen LogP contribution is 2.40. The fourth-order valence-corrected chi connectivity index (χ4v) is 3.94. The summed E-state index contributed by atoms with van der Waals surface area (Å²) in [4.78, 5) is 28.8. The van der Waals surface area contributed by atoms with Crippen molar-refractivity contribution in [3.63, 3.8) is 0 Å². The second-order valence-corrected chi connectivity index (χ2v) is 7.86. The van der Waals surface area contributed by atoms with Gasteiger partial charge in [-0.3, -0.25) is 0 Å². The van der Waals surface area contributed by atoms with Crippen molar-refractivity contribution in [1.82, 2.24) is 0 Å². The molecule has 0 spiro atoms. The molecule has 0 bridgehead atoms. The van der Waals surface area contributed by atoms with Crippen LogP contribution in [0.1, 0.15) is 19.4 Å². The minimum atomic E-state index is -0.646. The molecule has 1 N–H and O–H groups in total. The quantitative estimate of drug-likeness (QED) is 0.506. The van der Waals surface area contributed by atoms with Crippen LogP contribution in [0.5, 0.6) is 11.5 Å². The average molecular weight is 484 g/mol. The molecule has 0 saturated heterocycles. The maximum absolute atomic E-state index is 12.6. The molecule has 1 aliphatic heterocycles. The molecule has 0 aliphatic carbocycles. The molecule has 0 radical (unpaired) electrons. The van der Waals surface area contributed by atoms with E-state index in [-0.39, 0.29) is 24.5 Å². The number of aliphatic hydroxyl groups is 1. The van der Waals surface area contributed by atoms with E-state index in [1.807, 2.05) is 6.92 Å². The number of nitrogens with zero attached hydrogens (tertiary/aromatic N) is 1. The molecule has 0 unspecified atom stereocenters. The minimum Gasteiger partial charge on any atom is -0.506 e. The van der Waals surface area contributed by atoms with Gasteiger partial charge < -0.3 is 24.1 Å². The fourth-order valence-electron chi connectivity index (χ4n) is 2.91.